The SMILES string of the molecule is CC(=NNC(=O)[C@](C)(O)c1ccccc1)c1ccc([N+](=O)[O-])o1. The molecule has 8 heteroatoms. The van der Waals surface area contributed by atoms with E-state index in [9.17, 15) is 20.0 Å². The molecule has 8 nitrogen and oxygen atoms in total. The largest absolute Gasteiger partial charge is 0.433 e. The standard InChI is InChI=1S/C15H15N3O5/c1-10(12-8-9-13(23-12)18(21)22)16-17-14(19)15(2,20)11-6-4-3-5-7-11/h3-9,20H,1-2H3,(H,17,19)/t15-/m1/s1. The summed E-state index contributed by atoms with van der Waals surface area (Å²) in [4.78, 5) is 22.0. The number of carbonyl (C=O) groups excluding carboxylic acids is 1. The second kappa shape index (κ2) is 6.41. The summed E-state index contributed by atoms with van der Waals surface area (Å²) in [5, 5.41) is 24.7. The maximum Gasteiger partial charge on any atom is 0.433 e. The van der Waals surface area contributed by atoms with Crippen molar-refractivity contribution in [3.05, 3.63) is 63.9 Å². The lowest BCUT2D eigenvalue weighted by atomic mass is 9.95. The second-order valence-electron chi connectivity index (χ2n) is 4.97. The van der Waals surface area contributed by atoms with E-state index in [1.165, 1.54) is 26.0 Å². The van der Waals surface area contributed by atoms with Gasteiger partial charge in [0.05, 0.1) is 6.07 Å². The average Bonchev–Trinajstić information content (AvgIpc) is 3.03. The number of benzene rings is 1. The number of furan rings is 1. The minimum atomic E-state index is -1.76. The highest BCUT2D eigenvalue weighted by atomic mass is 16.6. The Bertz CT molecular complexity index is 749. The van der Waals surface area contributed by atoms with Gasteiger partial charge in [0.25, 0.3) is 5.91 Å². The van der Waals surface area contributed by atoms with Crippen molar-refractivity contribution in [2.75, 3.05) is 0 Å². The van der Waals surface area contributed by atoms with Crippen LogP contribution >= 0.6 is 0 Å². The normalized spacial score (nSPS) is 14.1. The van der Waals surface area contributed by atoms with Crippen molar-refractivity contribution in [2.24, 2.45) is 5.10 Å². The van der Waals surface area contributed by atoms with Crippen molar-refractivity contribution in [2.45, 2.75) is 19.4 Å². The average molecular weight is 317 g/mol. The van der Waals surface area contributed by atoms with Gasteiger partial charge in [-0.1, -0.05) is 30.3 Å². The smallest absolute Gasteiger partial charge is 0.399 e. The Morgan fingerprint density at radius 1 is 1.30 bits per heavy atom. The van der Waals surface area contributed by atoms with Crippen LogP contribution in [0.3, 0.4) is 0 Å². The molecule has 0 spiro atoms. The van der Waals surface area contributed by atoms with Gasteiger partial charge in [-0.3, -0.25) is 14.9 Å². The lowest BCUT2D eigenvalue weighted by molar-refractivity contribution is -0.402. The Hall–Kier alpha value is -3.00. The molecule has 1 heterocycles. The zero-order valence-corrected chi connectivity index (χ0v) is 12.5. The Morgan fingerprint density at radius 2 is 1.96 bits per heavy atom. The fourth-order valence-corrected chi connectivity index (χ4v) is 1.81. The molecule has 0 radical (unpaired) electrons. The molecule has 2 aromatic rings. The molecule has 23 heavy (non-hydrogen) atoms. The maximum atomic E-state index is 12.1. The molecule has 0 saturated heterocycles. The molecule has 0 fully saturated rings. The molecular formula is C15H15N3O5. The summed E-state index contributed by atoms with van der Waals surface area (Å²) in [6, 6.07) is 11.0. The topological polar surface area (TPSA) is 118 Å². The number of carbonyl (C=O) groups is 1. The molecule has 1 amide bonds. The molecule has 120 valence electrons. The Labute approximate surface area is 131 Å². The molecule has 1 aromatic carbocycles. The Kier molecular flexibility index (Phi) is 4.56. The van der Waals surface area contributed by atoms with Crippen molar-refractivity contribution in [3.63, 3.8) is 0 Å². The van der Waals surface area contributed by atoms with Gasteiger partial charge in [0, 0.05) is 0 Å². The van der Waals surface area contributed by atoms with Gasteiger partial charge in [-0.2, -0.15) is 5.10 Å². The number of hydrazone groups is 1. The fourth-order valence-electron chi connectivity index (χ4n) is 1.81. The van der Waals surface area contributed by atoms with Gasteiger partial charge >= 0.3 is 5.88 Å². The lowest BCUT2D eigenvalue weighted by Gasteiger charge is -2.21. The number of hydrogen-bond acceptors (Lipinski definition) is 6. The molecule has 1 atom stereocenters. The number of nitro groups is 1. The van der Waals surface area contributed by atoms with Crippen molar-refractivity contribution in [1.29, 1.82) is 0 Å². The summed E-state index contributed by atoms with van der Waals surface area (Å²) in [6.07, 6.45) is 0. The van der Waals surface area contributed by atoms with Gasteiger partial charge in [-0.15, -0.1) is 0 Å². The summed E-state index contributed by atoms with van der Waals surface area (Å²) < 4.78 is 4.97. The summed E-state index contributed by atoms with van der Waals surface area (Å²) in [5.74, 6) is -1.00. The predicted octanol–water partition coefficient (Wildman–Crippen LogP) is 1.94. The predicted molar refractivity (Wildman–Crippen MR) is 81.7 cm³/mol. The Balaban J connectivity index is 2.11. The van der Waals surface area contributed by atoms with E-state index < -0.39 is 22.3 Å². The summed E-state index contributed by atoms with van der Waals surface area (Å²) in [7, 11) is 0. The third-order valence-electron chi connectivity index (χ3n) is 3.23. The second-order valence-corrected chi connectivity index (χ2v) is 4.97. The van der Waals surface area contributed by atoms with Crippen molar-refractivity contribution in [1.82, 2.24) is 5.43 Å². The molecule has 0 aliphatic rings. The van der Waals surface area contributed by atoms with Crippen LogP contribution in [0.15, 0.2) is 52.0 Å². The lowest BCUT2D eigenvalue weighted by Crippen LogP contribution is -2.40. The van der Waals surface area contributed by atoms with E-state index in [2.05, 4.69) is 10.5 Å². The fraction of sp³-hybridized carbons (Fsp3) is 0.200. The van der Waals surface area contributed by atoms with Crippen LogP contribution in [0.1, 0.15) is 25.2 Å². The molecule has 2 N–H and O–H groups in total. The van der Waals surface area contributed by atoms with Crippen molar-refractivity contribution < 1.29 is 19.2 Å². The molecule has 1 aromatic heterocycles. The third-order valence-corrected chi connectivity index (χ3v) is 3.23. The number of rotatable bonds is 5. The molecule has 0 saturated carbocycles. The number of hydrogen-bond donors (Lipinski definition) is 2. The van der Waals surface area contributed by atoms with Crippen LogP contribution in [0.5, 0.6) is 0 Å². The first kappa shape index (κ1) is 16.4. The van der Waals surface area contributed by atoms with Gasteiger partial charge in [-0.25, -0.2) is 5.43 Å². The van der Waals surface area contributed by atoms with Gasteiger partial charge in [0.1, 0.15) is 10.6 Å². The minimum Gasteiger partial charge on any atom is -0.399 e. The molecule has 0 aliphatic carbocycles. The van der Waals surface area contributed by atoms with E-state index in [0.717, 1.165) is 0 Å². The number of nitrogens with one attached hydrogen (secondary N) is 1. The monoisotopic (exact) mass is 317 g/mol. The molecule has 0 bridgehead atoms. The van der Waals surface area contributed by atoms with E-state index >= 15 is 0 Å². The van der Waals surface area contributed by atoms with Gasteiger partial charge in [0.15, 0.2) is 11.4 Å². The van der Waals surface area contributed by atoms with E-state index in [4.69, 9.17) is 4.42 Å². The molecule has 0 aliphatic heterocycles. The zero-order valence-electron chi connectivity index (χ0n) is 12.5. The van der Waals surface area contributed by atoms with E-state index in [0.29, 0.717) is 5.56 Å². The van der Waals surface area contributed by atoms with Gasteiger partial charge < -0.3 is 9.52 Å². The first-order chi connectivity index (χ1) is 10.8. The molecular weight excluding hydrogens is 302 g/mol. The minimum absolute atomic E-state index is 0.149. The van der Waals surface area contributed by atoms with Gasteiger partial charge in [0.2, 0.25) is 0 Å². The highest BCUT2D eigenvalue weighted by molar-refractivity contribution is 5.97. The highest BCUT2D eigenvalue weighted by Gasteiger charge is 2.32. The first-order valence-electron chi connectivity index (χ1n) is 6.69. The number of nitrogens with zero attached hydrogens (tertiary/aromatic N) is 2. The van der Waals surface area contributed by atoms with E-state index in [1.807, 2.05) is 0 Å². The third kappa shape index (κ3) is 3.61. The van der Waals surface area contributed by atoms with Crippen molar-refractivity contribution in [3.8, 4) is 0 Å². The van der Waals surface area contributed by atoms with Gasteiger partial charge in [-0.05, 0) is 25.5 Å². The van der Waals surface area contributed by atoms with Crippen molar-refractivity contribution >= 4 is 17.5 Å². The Morgan fingerprint density at radius 3 is 2.52 bits per heavy atom. The van der Waals surface area contributed by atoms with Crippen LogP contribution in [-0.4, -0.2) is 21.6 Å². The van der Waals surface area contributed by atoms with Crippen LogP contribution in [0, 0.1) is 10.1 Å². The number of aliphatic hydroxyl groups is 1. The van der Waals surface area contributed by atoms with Crippen LogP contribution in [0.25, 0.3) is 0 Å². The molecule has 2 rings (SSSR count). The highest BCUT2D eigenvalue weighted by Crippen LogP contribution is 2.20. The first-order valence-corrected chi connectivity index (χ1v) is 6.69. The van der Waals surface area contributed by atoms with Crippen LogP contribution < -0.4 is 5.43 Å². The quantitative estimate of drug-likeness (QED) is 0.496. The van der Waals surface area contributed by atoms with Crippen LogP contribution in [0.4, 0.5) is 5.88 Å². The van der Waals surface area contributed by atoms with Crippen LogP contribution in [0.2, 0.25) is 0 Å². The summed E-state index contributed by atoms with van der Waals surface area (Å²) in [5.41, 5.74) is 1.11. The zero-order chi connectivity index (χ0) is 17.0. The summed E-state index contributed by atoms with van der Waals surface area (Å²) in [6.45, 7) is 2.86. The maximum absolute atomic E-state index is 12.1. The van der Waals surface area contributed by atoms with Crippen LogP contribution in [-0.2, 0) is 10.4 Å². The summed E-state index contributed by atoms with van der Waals surface area (Å²) >= 11 is 0. The van der Waals surface area contributed by atoms with E-state index in [1.54, 1.807) is 30.3 Å². The van der Waals surface area contributed by atoms with E-state index in [-0.39, 0.29) is 11.5 Å². The number of amides is 1. The molecule has 0 unspecified atom stereocenters.